The number of carbonyl (C=O) groups excluding carboxylic acids is 2. The molecule has 0 bridgehead atoms. The zero-order valence-corrected chi connectivity index (χ0v) is 15.4. The van der Waals surface area contributed by atoms with Gasteiger partial charge < -0.3 is 19.4 Å². The van der Waals surface area contributed by atoms with E-state index in [0.717, 1.165) is 30.8 Å². The van der Waals surface area contributed by atoms with E-state index >= 15 is 0 Å². The molecular formula is C18H25N5O3. The Labute approximate surface area is 153 Å². The van der Waals surface area contributed by atoms with Gasteiger partial charge in [0.25, 0.3) is 0 Å². The number of hydrogen-bond donors (Lipinski definition) is 1. The van der Waals surface area contributed by atoms with Gasteiger partial charge in [-0.15, -0.1) is 0 Å². The highest BCUT2D eigenvalue weighted by molar-refractivity contribution is 5.87. The maximum atomic E-state index is 12.1. The van der Waals surface area contributed by atoms with E-state index in [-0.39, 0.29) is 6.09 Å². The van der Waals surface area contributed by atoms with Crippen molar-refractivity contribution < 1.29 is 14.3 Å². The predicted octanol–water partition coefficient (Wildman–Crippen LogP) is 1.62. The minimum Gasteiger partial charge on any atom is -0.444 e. The van der Waals surface area contributed by atoms with Gasteiger partial charge in [0, 0.05) is 37.6 Å². The monoisotopic (exact) mass is 359 g/mol. The molecule has 1 saturated heterocycles. The molecule has 1 atom stereocenters. The van der Waals surface area contributed by atoms with Crippen molar-refractivity contribution in [1.82, 2.24) is 10.3 Å². The number of amides is 1. The maximum Gasteiger partial charge on any atom is 0.410 e. The maximum absolute atomic E-state index is 12.1. The van der Waals surface area contributed by atoms with Crippen molar-refractivity contribution in [3.8, 4) is 0 Å². The number of nitrogens with zero attached hydrogens (tertiary/aromatic N) is 4. The van der Waals surface area contributed by atoms with Crippen molar-refractivity contribution >= 4 is 30.1 Å². The van der Waals surface area contributed by atoms with E-state index in [1.807, 2.05) is 45.0 Å². The van der Waals surface area contributed by atoms with Crippen molar-refractivity contribution in [3.63, 3.8) is 0 Å². The van der Waals surface area contributed by atoms with Crippen LogP contribution in [0.4, 0.5) is 16.2 Å². The molecule has 2 aliphatic rings. The van der Waals surface area contributed by atoms with Crippen molar-refractivity contribution in [2.75, 3.05) is 36.0 Å². The zero-order chi connectivity index (χ0) is 18.7. The number of rotatable bonds is 3. The van der Waals surface area contributed by atoms with Crippen molar-refractivity contribution in [1.29, 1.82) is 0 Å². The van der Waals surface area contributed by atoms with Crippen LogP contribution in [-0.4, -0.2) is 61.6 Å². The van der Waals surface area contributed by atoms with Crippen LogP contribution in [0.25, 0.3) is 0 Å². The summed E-state index contributed by atoms with van der Waals surface area (Å²) in [5.74, 6) is 0. The van der Waals surface area contributed by atoms with Gasteiger partial charge in [0.1, 0.15) is 11.9 Å². The smallest absolute Gasteiger partial charge is 0.410 e. The summed E-state index contributed by atoms with van der Waals surface area (Å²) in [7, 11) is 0. The first-order valence-electron chi connectivity index (χ1n) is 8.73. The van der Waals surface area contributed by atoms with Gasteiger partial charge >= 0.3 is 6.09 Å². The number of aldehydes is 1. The van der Waals surface area contributed by atoms with Crippen LogP contribution in [0.3, 0.4) is 0 Å². The van der Waals surface area contributed by atoms with E-state index in [9.17, 15) is 9.59 Å². The van der Waals surface area contributed by atoms with Crippen LogP contribution in [0.15, 0.2) is 29.4 Å². The Morgan fingerprint density at radius 1 is 1.15 bits per heavy atom. The fourth-order valence-corrected chi connectivity index (χ4v) is 2.94. The molecule has 0 saturated carbocycles. The quantitative estimate of drug-likeness (QED) is 0.827. The lowest BCUT2D eigenvalue weighted by molar-refractivity contribution is -0.109. The molecule has 1 N–H and O–H groups in total. The summed E-state index contributed by atoms with van der Waals surface area (Å²) in [5, 5.41) is 3.92. The highest BCUT2D eigenvalue weighted by Gasteiger charge is 2.26. The standard InChI is InChI=1S/C18H25N5O3/c1-18(2,3)26-17(25)22-10-8-21(9-11-22)14-4-6-15(7-5-14)23-13-19-20-16(23)12-24/h4-7,12-13,16,20H,8-11H2,1-3H3. The van der Waals surface area contributed by atoms with Gasteiger partial charge in [-0.05, 0) is 45.0 Å². The average Bonchev–Trinajstić information content (AvgIpc) is 3.09. The summed E-state index contributed by atoms with van der Waals surface area (Å²) in [5.41, 5.74) is 4.24. The molecule has 1 aromatic carbocycles. The fourth-order valence-electron chi connectivity index (χ4n) is 2.94. The Morgan fingerprint density at radius 3 is 2.35 bits per heavy atom. The largest absolute Gasteiger partial charge is 0.444 e. The van der Waals surface area contributed by atoms with Gasteiger partial charge in [-0.3, -0.25) is 10.2 Å². The van der Waals surface area contributed by atoms with E-state index in [1.165, 1.54) is 0 Å². The summed E-state index contributed by atoms with van der Waals surface area (Å²) in [6.07, 6.45) is 1.70. The molecule has 0 spiro atoms. The Balaban J connectivity index is 1.57. The molecule has 2 heterocycles. The number of anilines is 2. The highest BCUT2D eigenvalue weighted by Crippen LogP contribution is 2.23. The number of ether oxygens (including phenoxy) is 1. The molecule has 3 rings (SSSR count). The van der Waals surface area contributed by atoms with Gasteiger partial charge in [-0.1, -0.05) is 0 Å². The number of piperazine rings is 1. The first-order chi connectivity index (χ1) is 12.4. The van der Waals surface area contributed by atoms with Gasteiger partial charge in [0.05, 0.1) is 0 Å². The number of carbonyl (C=O) groups is 2. The summed E-state index contributed by atoms with van der Waals surface area (Å²) >= 11 is 0. The van der Waals surface area contributed by atoms with Gasteiger partial charge in [-0.25, -0.2) is 4.79 Å². The summed E-state index contributed by atoms with van der Waals surface area (Å²) < 4.78 is 5.43. The Morgan fingerprint density at radius 2 is 1.77 bits per heavy atom. The van der Waals surface area contributed by atoms with Crippen LogP contribution in [0, 0.1) is 0 Å². The first-order valence-corrected chi connectivity index (χ1v) is 8.73. The third-order valence-electron chi connectivity index (χ3n) is 4.26. The molecule has 0 aliphatic carbocycles. The van der Waals surface area contributed by atoms with Crippen LogP contribution in [0.1, 0.15) is 20.8 Å². The molecule has 1 fully saturated rings. The second-order valence-corrected chi connectivity index (χ2v) is 7.33. The molecule has 1 amide bonds. The molecule has 0 aromatic heterocycles. The lowest BCUT2D eigenvalue weighted by Gasteiger charge is -2.36. The van der Waals surface area contributed by atoms with Crippen LogP contribution in [0.2, 0.25) is 0 Å². The number of nitrogens with one attached hydrogen (secondary N) is 1. The minimum atomic E-state index is -0.475. The van der Waals surface area contributed by atoms with E-state index in [4.69, 9.17) is 4.74 Å². The molecule has 8 nitrogen and oxygen atoms in total. The van der Waals surface area contributed by atoms with E-state index in [0.29, 0.717) is 13.1 Å². The van der Waals surface area contributed by atoms with E-state index < -0.39 is 11.8 Å². The molecular weight excluding hydrogens is 334 g/mol. The minimum absolute atomic E-state index is 0.256. The summed E-state index contributed by atoms with van der Waals surface area (Å²) in [6.45, 7) is 8.39. The number of hydrogen-bond acceptors (Lipinski definition) is 7. The average molecular weight is 359 g/mol. The van der Waals surface area contributed by atoms with Gasteiger partial charge in [-0.2, -0.15) is 5.10 Å². The summed E-state index contributed by atoms with van der Waals surface area (Å²) in [6, 6.07) is 7.97. The molecule has 140 valence electrons. The Bertz CT molecular complexity index is 675. The molecule has 8 heteroatoms. The third-order valence-corrected chi connectivity index (χ3v) is 4.26. The second kappa shape index (κ2) is 7.23. The van der Waals surface area contributed by atoms with Crippen LogP contribution in [0.5, 0.6) is 0 Å². The number of hydrazone groups is 1. The number of benzene rings is 1. The van der Waals surface area contributed by atoms with Crippen molar-refractivity contribution in [2.45, 2.75) is 32.5 Å². The fraction of sp³-hybridized carbons (Fsp3) is 0.500. The van der Waals surface area contributed by atoms with E-state index in [2.05, 4.69) is 15.4 Å². The van der Waals surface area contributed by atoms with Crippen LogP contribution in [-0.2, 0) is 9.53 Å². The normalized spacial score (nSPS) is 20.1. The van der Waals surface area contributed by atoms with Crippen molar-refractivity contribution in [2.24, 2.45) is 5.10 Å². The molecule has 0 radical (unpaired) electrons. The SMILES string of the molecule is CC(C)(C)OC(=O)N1CCN(c2ccc(N3C=NNC3C=O)cc2)CC1. The second-order valence-electron chi connectivity index (χ2n) is 7.33. The highest BCUT2D eigenvalue weighted by atomic mass is 16.6. The Hall–Kier alpha value is -2.77. The molecule has 2 aliphatic heterocycles. The van der Waals surface area contributed by atoms with Crippen molar-refractivity contribution in [3.05, 3.63) is 24.3 Å². The zero-order valence-electron chi connectivity index (χ0n) is 15.4. The molecule has 1 aromatic rings. The third kappa shape index (κ3) is 4.07. The Kier molecular flexibility index (Phi) is 5.01. The van der Waals surface area contributed by atoms with Gasteiger partial charge in [0.15, 0.2) is 12.5 Å². The summed E-state index contributed by atoms with van der Waals surface area (Å²) in [4.78, 5) is 28.9. The molecule has 1 unspecified atom stereocenters. The van der Waals surface area contributed by atoms with Gasteiger partial charge in [0.2, 0.25) is 0 Å². The van der Waals surface area contributed by atoms with Crippen LogP contribution < -0.4 is 15.2 Å². The topological polar surface area (TPSA) is 77.5 Å². The predicted molar refractivity (Wildman–Crippen MR) is 100 cm³/mol. The lowest BCUT2D eigenvalue weighted by Crippen LogP contribution is -2.50. The van der Waals surface area contributed by atoms with E-state index in [1.54, 1.807) is 16.1 Å². The lowest BCUT2D eigenvalue weighted by atomic mass is 10.2. The van der Waals surface area contributed by atoms with Crippen LogP contribution >= 0.6 is 0 Å². The molecule has 26 heavy (non-hydrogen) atoms. The first kappa shape index (κ1) is 18.0.